The Morgan fingerprint density at radius 3 is 2.40 bits per heavy atom. The van der Waals surface area contributed by atoms with E-state index in [2.05, 4.69) is 4.74 Å². The molecule has 0 N–H and O–H groups in total. The lowest BCUT2D eigenvalue weighted by molar-refractivity contribution is -0.486. The zero-order valence-electron chi connectivity index (χ0n) is 9.88. The Bertz CT molecular complexity index is 558. The van der Waals surface area contributed by atoms with E-state index < -0.39 is 33.8 Å². The van der Waals surface area contributed by atoms with Gasteiger partial charge in [0.25, 0.3) is 0 Å². The van der Waals surface area contributed by atoms with E-state index in [4.69, 9.17) is 0 Å². The van der Waals surface area contributed by atoms with Crippen LogP contribution in [-0.2, 0) is 9.53 Å². The van der Waals surface area contributed by atoms with Gasteiger partial charge in [-0.3, -0.25) is 4.79 Å². The maximum Gasteiger partial charge on any atom is 0.477 e. The number of amides is 1. The first-order chi connectivity index (χ1) is 9.18. The second-order valence-electron chi connectivity index (χ2n) is 3.39. The first kappa shape index (κ1) is 15.4. The summed E-state index contributed by atoms with van der Waals surface area (Å²) in [4.78, 5) is 32.8. The highest BCUT2D eigenvalue weighted by molar-refractivity contribution is 5.97. The van der Waals surface area contributed by atoms with Crippen molar-refractivity contribution in [2.75, 3.05) is 12.1 Å². The van der Waals surface area contributed by atoms with E-state index in [-0.39, 0.29) is 5.56 Å². The van der Waals surface area contributed by atoms with Gasteiger partial charge in [-0.2, -0.15) is 13.2 Å². The summed E-state index contributed by atoms with van der Waals surface area (Å²) in [5.74, 6) is -3.58. The van der Waals surface area contributed by atoms with Crippen LogP contribution >= 0.6 is 0 Å². The number of methoxy groups -OCH3 is 1. The van der Waals surface area contributed by atoms with Crippen molar-refractivity contribution in [1.29, 1.82) is 0 Å². The molecule has 1 rings (SSSR count). The average molecular weight is 292 g/mol. The highest BCUT2D eigenvalue weighted by Crippen LogP contribution is 2.24. The minimum Gasteiger partial charge on any atom is -0.465 e. The first-order valence-electron chi connectivity index (χ1n) is 4.92. The molecule has 0 aliphatic heterocycles. The summed E-state index contributed by atoms with van der Waals surface area (Å²) in [7, 11) is 1.03. The van der Waals surface area contributed by atoms with Crippen LogP contribution in [0.4, 0.5) is 18.9 Å². The molecule has 1 amide bonds. The van der Waals surface area contributed by atoms with E-state index >= 15 is 0 Å². The lowest BCUT2D eigenvalue weighted by Gasteiger charge is -2.14. The topological polar surface area (TPSA) is 89.8 Å². The Morgan fingerprint density at radius 2 is 1.95 bits per heavy atom. The van der Waals surface area contributed by atoms with Crippen molar-refractivity contribution in [3.8, 4) is 0 Å². The van der Waals surface area contributed by atoms with E-state index in [1.165, 1.54) is 6.07 Å². The van der Waals surface area contributed by atoms with Crippen molar-refractivity contribution in [2.45, 2.75) is 6.18 Å². The van der Waals surface area contributed by atoms with Crippen molar-refractivity contribution >= 4 is 17.6 Å². The number of alkyl halides is 3. The van der Waals surface area contributed by atoms with E-state index in [1.54, 1.807) is 0 Å². The molecule has 1 aromatic carbocycles. The van der Waals surface area contributed by atoms with Gasteiger partial charge < -0.3 is 4.74 Å². The number of hydrazine groups is 1. The monoisotopic (exact) mass is 292 g/mol. The van der Waals surface area contributed by atoms with Crippen LogP contribution in [0.3, 0.4) is 0 Å². The van der Waals surface area contributed by atoms with Gasteiger partial charge >= 0.3 is 18.1 Å². The number of hydrogen-bond donors (Lipinski definition) is 0. The molecule has 0 spiro atoms. The molecule has 0 unspecified atom stereocenters. The largest absolute Gasteiger partial charge is 0.477 e. The maximum absolute atomic E-state index is 12.3. The highest BCUT2D eigenvalue weighted by atomic mass is 19.4. The van der Waals surface area contributed by atoms with Crippen molar-refractivity contribution < 1.29 is 32.5 Å². The van der Waals surface area contributed by atoms with Gasteiger partial charge in [0.1, 0.15) is 5.69 Å². The van der Waals surface area contributed by atoms with Gasteiger partial charge in [0.2, 0.25) is 0 Å². The van der Waals surface area contributed by atoms with Crippen molar-refractivity contribution in [3.05, 3.63) is 39.9 Å². The summed E-state index contributed by atoms with van der Waals surface area (Å²) in [5, 5.41) is 8.42. The first-order valence-corrected chi connectivity index (χ1v) is 4.92. The molecule has 0 saturated carbocycles. The Hall–Kier alpha value is -2.65. The Morgan fingerprint density at radius 1 is 1.35 bits per heavy atom. The molecular weight excluding hydrogens is 285 g/mol. The SMILES string of the molecule is COC(=O)c1cccc(N(C(=O)C(F)(F)F)[N+](=O)[O-])c1. The number of ether oxygens (including phenoxy) is 1. The number of carbonyl (C=O) groups excluding carboxylic acids is 2. The van der Waals surface area contributed by atoms with Gasteiger partial charge in [0, 0.05) is 0 Å². The standard InChI is InChI=1S/C10H7F3N2O5/c1-20-8(16)6-3-2-4-7(5-6)14(15(18)19)9(17)10(11,12)13/h2-5H,1H3. The number of benzene rings is 1. The zero-order chi connectivity index (χ0) is 15.5. The summed E-state index contributed by atoms with van der Waals surface area (Å²) in [5.41, 5.74) is -0.938. The van der Waals surface area contributed by atoms with Crippen LogP contribution in [0.2, 0.25) is 0 Å². The summed E-state index contributed by atoms with van der Waals surface area (Å²) in [6, 6.07) is 3.89. The third-order valence-electron chi connectivity index (χ3n) is 2.11. The number of carbonyl (C=O) groups is 2. The molecule has 0 aliphatic rings. The molecule has 0 heterocycles. The normalized spacial score (nSPS) is 10.8. The van der Waals surface area contributed by atoms with Crippen LogP contribution < -0.4 is 5.01 Å². The Balaban J connectivity index is 3.27. The number of nitrogens with zero attached hydrogens (tertiary/aromatic N) is 2. The minimum atomic E-state index is -5.42. The van der Waals surface area contributed by atoms with Crippen LogP contribution in [0, 0.1) is 10.1 Å². The second-order valence-corrected chi connectivity index (χ2v) is 3.39. The van der Waals surface area contributed by atoms with E-state index in [0.717, 1.165) is 25.3 Å². The lowest BCUT2D eigenvalue weighted by Crippen LogP contribution is -2.44. The van der Waals surface area contributed by atoms with Crippen LogP contribution in [0.1, 0.15) is 10.4 Å². The molecule has 0 aromatic heterocycles. The third-order valence-corrected chi connectivity index (χ3v) is 2.11. The van der Waals surface area contributed by atoms with E-state index in [1.807, 2.05) is 0 Å². The summed E-state index contributed by atoms with van der Waals surface area (Å²) < 4.78 is 41.2. The summed E-state index contributed by atoms with van der Waals surface area (Å²) >= 11 is 0. The van der Waals surface area contributed by atoms with Gasteiger partial charge in [0.05, 0.1) is 12.7 Å². The number of hydrogen-bond acceptors (Lipinski definition) is 5. The second kappa shape index (κ2) is 5.55. The molecule has 0 fully saturated rings. The predicted molar refractivity (Wildman–Crippen MR) is 58.3 cm³/mol. The maximum atomic E-state index is 12.3. The molecule has 10 heteroatoms. The van der Waals surface area contributed by atoms with Crippen molar-refractivity contribution in [2.24, 2.45) is 0 Å². The quantitative estimate of drug-likeness (QED) is 0.479. The van der Waals surface area contributed by atoms with Gasteiger partial charge in [0.15, 0.2) is 5.03 Å². The molecule has 0 atom stereocenters. The van der Waals surface area contributed by atoms with Crippen LogP contribution in [-0.4, -0.2) is 30.2 Å². The molecule has 108 valence electrons. The fourth-order valence-corrected chi connectivity index (χ4v) is 1.29. The fourth-order valence-electron chi connectivity index (χ4n) is 1.29. The molecule has 1 aromatic rings. The summed E-state index contributed by atoms with van der Waals surface area (Å²) in [6.07, 6.45) is -5.42. The van der Waals surface area contributed by atoms with Crippen molar-refractivity contribution in [3.63, 3.8) is 0 Å². The van der Waals surface area contributed by atoms with E-state index in [9.17, 15) is 32.9 Å². The average Bonchev–Trinajstić information content (AvgIpc) is 2.36. The number of esters is 1. The van der Waals surface area contributed by atoms with Gasteiger partial charge in [-0.15, -0.1) is 0 Å². The van der Waals surface area contributed by atoms with Crippen LogP contribution in [0.15, 0.2) is 24.3 Å². The fraction of sp³-hybridized carbons (Fsp3) is 0.200. The lowest BCUT2D eigenvalue weighted by atomic mass is 10.2. The third kappa shape index (κ3) is 3.22. The number of rotatable bonds is 3. The Labute approximate surface area is 109 Å². The van der Waals surface area contributed by atoms with Gasteiger partial charge in [-0.1, -0.05) is 6.07 Å². The van der Waals surface area contributed by atoms with Crippen molar-refractivity contribution in [1.82, 2.24) is 0 Å². The molecule has 20 heavy (non-hydrogen) atoms. The molecule has 0 bridgehead atoms. The smallest absolute Gasteiger partial charge is 0.465 e. The van der Waals surface area contributed by atoms with Crippen LogP contribution in [0.25, 0.3) is 0 Å². The zero-order valence-corrected chi connectivity index (χ0v) is 9.88. The molecule has 0 radical (unpaired) electrons. The molecule has 0 saturated heterocycles. The summed E-state index contributed by atoms with van der Waals surface area (Å²) in [6.45, 7) is 0. The molecule has 0 aliphatic carbocycles. The highest BCUT2D eigenvalue weighted by Gasteiger charge is 2.48. The molecule has 7 nitrogen and oxygen atoms in total. The van der Waals surface area contributed by atoms with E-state index in [0.29, 0.717) is 0 Å². The minimum absolute atomic E-state index is 0.230. The van der Waals surface area contributed by atoms with Gasteiger partial charge in [-0.25, -0.2) is 14.9 Å². The number of nitro groups is 1. The number of anilines is 1. The van der Waals surface area contributed by atoms with Crippen LogP contribution in [0.5, 0.6) is 0 Å². The molecular formula is C10H7F3N2O5. The predicted octanol–water partition coefficient (Wildman–Crippen LogP) is 1.56. The number of halogens is 3. The Kier molecular flexibility index (Phi) is 4.27. The van der Waals surface area contributed by atoms with Gasteiger partial charge in [-0.05, 0) is 23.2 Å².